The smallest absolute Gasteiger partial charge is 0.166 e. The molecule has 0 bridgehead atoms. The van der Waals surface area contributed by atoms with Gasteiger partial charge in [0.05, 0.1) is 25.8 Å². The summed E-state index contributed by atoms with van der Waals surface area (Å²) in [5.74, 6) is 1.53. The monoisotopic (exact) mass is 354 g/mol. The molecule has 0 aliphatic rings. The van der Waals surface area contributed by atoms with Crippen molar-refractivity contribution in [3.8, 4) is 17.2 Å². The fourth-order valence-corrected chi connectivity index (χ4v) is 2.46. The Labute approximate surface area is 144 Å². The second kappa shape index (κ2) is 8.09. The van der Waals surface area contributed by atoms with Gasteiger partial charge in [0.2, 0.25) is 0 Å². The summed E-state index contributed by atoms with van der Waals surface area (Å²) in [5.41, 5.74) is 0.536. The molecule has 4 nitrogen and oxygen atoms in total. The summed E-state index contributed by atoms with van der Waals surface area (Å²) < 4.78 is 15.9. The van der Waals surface area contributed by atoms with Gasteiger partial charge in [-0.1, -0.05) is 23.2 Å². The highest BCUT2D eigenvalue weighted by atomic mass is 35.5. The van der Waals surface area contributed by atoms with Crippen LogP contribution in [0.15, 0.2) is 36.4 Å². The first-order valence-electron chi connectivity index (χ1n) is 6.88. The van der Waals surface area contributed by atoms with Crippen molar-refractivity contribution in [1.82, 2.24) is 0 Å². The Morgan fingerprint density at radius 3 is 2.30 bits per heavy atom. The molecule has 2 aromatic rings. The lowest BCUT2D eigenvalue weighted by Gasteiger charge is -2.10. The molecule has 6 heteroatoms. The van der Waals surface area contributed by atoms with Crippen molar-refractivity contribution in [3.63, 3.8) is 0 Å². The van der Waals surface area contributed by atoms with Crippen LogP contribution in [-0.4, -0.2) is 26.6 Å². The third-order valence-electron chi connectivity index (χ3n) is 3.19. The van der Waals surface area contributed by atoms with E-state index in [2.05, 4.69) is 0 Å². The van der Waals surface area contributed by atoms with Crippen LogP contribution < -0.4 is 14.2 Å². The average molecular weight is 355 g/mol. The van der Waals surface area contributed by atoms with Crippen LogP contribution in [0.4, 0.5) is 0 Å². The normalized spacial score (nSPS) is 10.3. The molecule has 0 radical (unpaired) electrons. The maximum absolute atomic E-state index is 12.2. The van der Waals surface area contributed by atoms with E-state index in [4.69, 9.17) is 37.4 Å². The summed E-state index contributed by atoms with van der Waals surface area (Å²) in [5, 5.41) is 0.944. The molecule has 0 saturated carbocycles. The number of hydrogen-bond donors (Lipinski definition) is 0. The van der Waals surface area contributed by atoms with E-state index < -0.39 is 0 Å². The number of benzene rings is 2. The van der Waals surface area contributed by atoms with Gasteiger partial charge in [0.1, 0.15) is 5.75 Å². The number of carbonyl (C=O) groups is 1. The Balaban J connectivity index is 1.97. The van der Waals surface area contributed by atoms with Gasteiger partial charge in [-0.25, -0.2) is 0 Å². The largest absolute Gasteiger partial charge is 0.493 e. The first kappa shape index (κ1) is 17.4. The summed E-state index contributed by atoms with van der Waals surface area (Å²) in [6.45, 7) is 0.217. The summed E-state index contributed by atoms with van der Waals surface area (Å²) in [7, 11) is 3.07. The molecule has 23 heavy (non-hydrogen) atoms. The molecule has 0 amide bonds. The molecular formula is C17H16Cl2O4. The topological polar surface area (TPSA) is 44.8 Å². The van der Waals surface area contributed by atoms with Crippen molar-refractivity contribution in [3.05, 3.63) is 52.0 Å². The fourth-order valence-electron chi connectivity index (χ4n) is 2.00. The van der Waals surface area contributed by atoms with E-state index >= 15 is 0 Å². The number of ether oxygens (including phenoxy) is 3. The third-order valence-corrected chi connectivity index (χ3v) is 3.72. The molecule has 0 aliphatic carbocycles. The van der Waals surface area contributed by atoms with Gasteiger partial charge in [-0.3, -0.25) is 4.79 Å². The highest BCUT2D eigenvalue weighted by Crippen LogP contribution is 2.29. The first-order valence-corrected chi connectivity index (χ1v) is 7.64. The number of rotatable bonds is 7. The van der Waals surface area contributed by atoms with E-state index in [1.165, 1.54) is 7.11 Å². The van der Waals surface area contributed by atoms with Gasteiger partial charge in [-0.2, -0.15) is 0 Å². The summed E-state index contributed by atoms with van der Waals surface area (Å²) in [6, 6.07) is 9.98. The zero-order valence-electron chi connectivity index (χ0n) is 12.8. The number of carbonyl (C=O) groups excluding carboxylic acids is 1. The average Bonchev–Trinajstić information content (AvgIpc) is 2.56. The molecule has 0 atom stereocenters. The van der Waals surface area contributed by atoms with Crippen molar-refractivity contribution in [2.45, 2.75) is 6.42 Å². The van der Waals surface area contributed by atoms with E-state index in [1.54, 1.807) is 43.5 Å². The number of hydrogen-bond acceptors (Lipinski definition) is 4. The van der Waals surface area contributed by atoms with E-state index in [0.29, 0.717) is 32.9 Å². The van der Waals surface area contributed by atoms with E-state index in [1.807, 2.05) is 0 Å². The molecule has 0 aromatic heterocycles. The lowest BCUT2D eigenvalue weighted by molar-refractivity contribution is 0.0962. The van der Waals surface area contributed by atoms with Gasteiger partial charge in [0, 0.05) is 17.0 Å². The molecule has 2 aromatic carbocycles. The SMILES string of the molecule is COc1ccc(C(=O)CCOc2ccc(Cl)cc2Cl)cc1OC. The highest BCUT2D eigenvalue weighted by molar-refractivity contribution is 6.35. The van der Waals surface area contributed by atoms with E-state index in [9.17, 15) is 4.79 Å². The van der Waals surface area contributed by atoms with Gasteiger partial charge in [-0.05, 0) is 36.4 Å². The van der Waals surface area contributed by atoms with Gasteiger partial charge in [0.15, 0.2) is 17.3 Å². The van der Waals surface area contributed by atoms with Gasteiger partial charge >= 0.3 is 0 Å². The predicted molar refractivity (Wildman–Crippen MR) is 90.5 cm³/mol. The number of Topliss-reactive ketones (excluding diaryl/α,β-unsaturated/α-hetero) is 1. The van der Waals surface area contributed by atoms with Crippen LogP contribution in [0.3, 0.4) is 0 Å². The van der Waals surface area contributed by atoms with E-state index in [0.717, 1.165) is 0 Å². The Morgan fingerprint density at radius 1 is 0.957 bits per heavy atom. The number of halogens is 2. The minimum absolute atomic E-state index is 0.0592. The van der Waals surface area contributed by atoms with Crippen molar-refractivity contribution in [2.75, 3.05) is 20.8 Å². The first-order chi connectivity index (χ1) is 11.0. The molecule has 0 saturated heterocycles. The quantitative estimate of drug-likeness (QED) is 0.678. The highest BCUT2D eigenvalue weighted by Gasteiger charge is 2.11. The van der Waals surface area contributed by atoms with Crippen molar-refractivity contribution in [2.24, 2.45) is 0 Å². The van der Waals surface area contributed by atoms with Crippen LogP contribution in [0.5, 0.6) is 17.2 Å². The van der Waals surface area contributed by atoms with Crippen molar-refractivity contribution >= 4 is 29.0 Å². The lowest BCUT2D eigenvalue weighted by Crippen LogP contribution is -2.07. The predicted octanol–water partition coefficient (Wildman–Crippen LogP) is 4.66. The summed E-state index contributed by atoms with van der Waals surface area (Å²) in [4.78, 5) is 12.2. The number of ketones is 1. The van der Waals surface area contributed by atoms with Crippen LogP contribution >= 0.6 is 23.2 Å². The van der Waals surface area contributed by atoms with Gasteiger partial charge < -0.3 is 14.2 Å². The summed E-state index contributed by atoms with van der Waals surface area (Å²) >= 11 is 11.8. The molecule has 0 spiro atoms. The maximum atomic E-state index is 12.2. The van der Waals surface area contributed by atoms with E-state index in [-0.39, 0.29) is 18.8 Å². The van der Waals surface area contributed by atoms with Crippen LogP contribution in [0.25, 0.3) is 0 Å². The Hall–Kier alpha value is -1.91. The fraction of sp³-hybridized carbons (Fsp3) is 0.235. The van der Waals surface area contributed by atoms with Crippen molar-refractivity contribution in [1.29, 1.82) is 0 Å². The molecule has 0 heterocycles. The summed E-state index contributed by atoms with van der Waals surface area (Å²) in [6.07, 6.45) is 0.217. The molecule has 2 rings (SSSR count). The van der Waals surface area contributed by atoms with Crippen LogP contribution in [-0.2, 0) is 0 Å². The second-order valence-corrected chi connectivity index (χ2v) is 5.51. The Kier molecular flexibility index (Phi) is 6.13. The third kappa shape index (κ3) is 4.53. The Bertz CT molecular complexity index is 701. The minimum atomic E-state index is -0.0592. The van der Waals surface area contributed by atoms with Gasteiger partial charge in [-0.15, -0.1) is 0 Å². The minimum Gasteiger partial charge on any atom is -0.493 e. The molecule has 0 N–H and O–H groups in total. The standard InChI is InChI=1S/C17H16Cl2O4/c1-21-16-5-3-11(9-17(16)22-2)14(20)7-8-23-15-6-4-12(18)10-13(15)19/h3-6,9-10H,7-8H2,1-2H3. The van der Waals surface area contributed by atoms with Crippen LogP contribution in [0, 0.1) is 0 Å². The maximum Gasteiger partial charge on any atom is 0.166 e. The molecular weight excluding hydrogens is 339 g/mol. The molecule has 0 fully saturated rings. The molecule has 0 aliphatic heterocycles. The molecule has 122 valence electrons. The van der Waals surface area contributed by atoms with Crippen LogP contribution in [0.2, 0.25) is 10.0 Å². The zero-order valence-corrected chi connectivity index (χ0v) is 14.3. The molecule has 0 unspecified atom stereocenters. The number of methoxy groups -OCH3 is 2. The second-order valence-electron chi connectivity index (χ2n) is 4.67. The van der Waals surface area contributed by atoms with Crippen LogP contribution in [0.1, 0.15) is 16.8 Å². The lowest BCUT2D eigenvalue weighted by atomic mass is 10.1. The zero-order chi connectivity index (χ0) is 16.8. The Morgan fingerprint density at radius 2 is 1.65 bits per heavy atom. The van der Waals surface area contributed by atoms with Gasteiger partial charge in [0.25, 0.3) is 0 Å². The van der Waals surface area contributed by atoms with Crippen molar-refractivity contribution < 1.29 is 19.0 Å².